The number of hydrogen-bond donors (Lipinski definition) is 3. The zero-order valence-corrected chi connectivity index (χ0v) is 11.8. The summed E-state index contributed by atoms with van der Waals surface area (Å²) < 4.78 is 0. The second kappa shape index (κ2) is 6.11. The molecule has 106 valence electrons. The van der Waals surface area contributed by atoms with Crippen LogP contribution in [0.4, 0.5) is 5.69 Å². The molecule has 1 aromatic heterocycles. The molecule has 0 unspecified atom stereocenters. The Bertz CT molecular complexity index is 806. The lowest BCUT2D eigenvalue weighted by Crippen LogP contribution is -2.14. The van der Waals surface area contributed by atoms with Gasteiger partial charge in [0.2, 0.25) is 5.88 Å². The normalized spacial score (nSPS) is 10.5. The number of pyridine rings is 1. The Morgan fingerprint density at radius 3 is 2.95 bits per heavy atom. The SMILES string of the molecule is Cc1c(C=NNc2cccc(Cl)c2)c(O)[nH]c(=O)c1C#N. The van der Waals surface area contributed by atoms with Gasteiger partial charge in [-0.25, -0.2) is 0 Å². The molecule has 0 aliphatic rings. The van der Waals surface area contributed by atoms with E-state index < -0.39 is 5.56 Å². The van der Waals surface area contributed by atoms with Crippen LogP contribution in [0.25, 0.3) is 0 Å². The van der Waals surface area contributed by atoms with Crippen molar-refractivity contribution in [3.63, 3.8) is 0 Å². The molecule has 0 saturated carbocycles. The minimum Gasteiger partial charge on any atom is -0.494 e. The van der Waals surface area contributed by atoms with E-state index in [0.717, 1.165) is 0 Å². The first-order valence-electron chi connectivity index (χ1n) is 5.93. The summed E-state index contributed by atoms with van der Waals surface area (Å²) in [5, 5.41) is 23.2. The van der Waals surface area contributed by atoms with E-state index in [1.165, 1.54) is 6.21 Å². The molecule has 6 nitrogen and oxygen atoms in total. The standard InChI is InChI=1S/C14H11ClN4O2/c1-8-11(6-16)13(20)18-14(21)12(8)7-17-19-10-4-2-3-9(15)5-10/h2-5,7,19H,1H3,(H2,18,20,21). The molecule has 1 heterocycles. The maximum absolute atomic E-state index is 11.5. The third-order valence-corrected chi connectivity index (χ3v) is 3.05. The first-order valence-corrected chi connectivity index (χ1v) is 6.31. The molecular formula is C14H11ClN4O2. The van der Waals surface area contributed by atoms with Gasteiger partial charge in [0.1, 0.15) is 11.6 Å². The lowest BCUT2D eigenvalue weighted by atomic mass is 10.1. The molecular weight excluding hydrogens is 292 g/mol. The number of anilines is 1. The Labute approximate surface area is 125 Å². The van der Waals surface area contributed by atoms with E-state index in [1.54, 1.807) is 37.3 Å². The van der Waals surface area contributed by atoms with Gasteiger partial charge in [-0.3, -0.25) is 15.2 Å². The van der Waals surface area contributed by atoms with E-state index in [0.29, 0.717) is 16.3 Å². The molecule has 0 radical (unpaired) electrons. The van der Waals surface area contributed by atoms with Crippen LogP contribution >= 0.6 is 11.6 Å². The average Bonchev–Trinajstić information content (AvgIpc) is 2.43. The second-order valence-electron chi connectivity index (χ2n) is 4.21. The molecule has 0 aliphatic carbocycles. The summed E-state index contributed by atoms with van der Waals surface area (Å²) in [5.74, 6) is -0.340. The summed E-state index contributed by atoms with van der Waals surface area (Å²) >= 11 is 5.84. The van der Waals surface area contributed by atoms with Gasteiger partial charge >= 0.3 is 0 Å². The molecule has 0 amide bonds. The predicted octanol–water partition coefficient (Wildman–Crippen LogP) is 2.36. The Morgan fingerprint density at radius 1 is 1.52 bits per heavy atom. The average molecular weight is 303 g/mol. The van der Waals surface area contributed by atoms with Crippen molar-refractivity contribution in [2.45, 2.75) is 6.92 Å². The highest BCUT2D eigenvalue weighted by Gasteiger charge is 2.12. The zero-order valence-electron chi connectivity index (χ0n) is 11.0. The molecule has 3 N–H and O–H groups in total. The Hall–Kier alpha value is -2.78. The summed E-state index contributed by atoms with van der Waals surface area (Å²) in [5.41, 5.74) is 3.34. The zero-order chi connectivity index (χ0) is 15.4. The van der Waals surface area contributed by atoms with Crippen LogP contribution in [0.5, 0.6) is 5.88 Å². The van der Waals surface area contributed by atoms with Gasteiger partial charge in [0.25, 0.3) is 5.56 Å². The van der Waals surface area contributed by atoms with Crippen molar-refractivity contribution in [2.75, 3.05) is 5.43 Å². The van der Waals surface area contributed by atoms with E-state index in [-0.39, 0.29) is 17.0 Å². The van der Waals surface area contributed by atoms with Crippen LogP contribution in [0.3, 0.4) is 0 Å². The van der Waals surface area contributed by atoms with Crippen LogP contribution in [0.2, 0.25) is 5.02 Å². The highest BCUT2D eigenvalue weighted by Crippen LogP contribution is 2.17. The minimum atomic E-state index is -0.632. The first-order chi connectivity index (χ1) is 10.0. The number of aromatic amines is 1. The van der Waals surface area contributed by atoms with Crippen LogP contribution in [0.15, 0.2) is 34.2 Å². The number of nitrogens with zero attached hydrogens (tertiary/aromatic N) is 2. The number of rotatable bonds is 3. The maximum Gasteiger partial charge on any atom is 0.268 e. The maximum atomic E-state index is 11.5. The molecule has 21 heavy (non-hydrogen) atoms. The lowest BCUT2D eigenvalue weighted by Gasteiger charge is -2.05. The van der Waals surface area contributed by atoms with Gasteiger partial charge in [0, 0.05) is 5.02 Å². The van der Waals surface area contributed by atoms with E-state index in [2.05, 4.69) is 15.5 Å². The quantitative estimate of drug-likeness (QED) is 0.598. The summed E-state index contributed by atoms with van der Waals surface area (Å²) in [7, 11) is 0. The fourth-order valence-electron chi connectivity index (χ4n) is 1.74. The lowest BCUT2D eigenvalue weighted by molar-refractivity contribution is 0.450. The van der Waals surface area contributed by atoms with Gasteiger partial charge in [0.15, 0.2) is 0 Å². The number of hydrazone groups is 1. The molecule has 0 aliphatic heterocycles. The number of hydrogen-bond acceptors (Lipinski definition) is 5. The summed E-state index contributed by atoms with van der Waals surface area (Å²) in [4.78, 5) is 13.7. The molecule has 0 spiro atoms. The topological polar surface area (TPSA) is 101 Å². The Morgan fingerprint density at radius 2 is 2.29 bits per heavy atom. The van der Waals surface area contributed by atoms with Crippen LogP contribution in [-0.4, -0.2) is 16.3 Å². The Balaban J connectivity index is 2.30. The number of benzene rings is 1. The minimum absolute atomic E-state index is 0.0583. The Kier molecular flexibility index (Phi) is 4.26. The highest BCUT2D eigenvalue weighted by atomic mass is 35.5. The number of aromatic hydroxyl groups is 1. The van der Waals surface area contributed by atoms with Gasteiger partial charge in [0.05, 0.1) is 17.5 Å². The molecule has 2 aromatic rings. The van der Waals surface area contributed by atoms with Crippen molar-refractivity contribution in [1.82, 2.24) is 4.98 Å². The number of nitriles is 1. The highest BCUT2D eigenvalue weighted by molar-refractivity contribution is 6.30. The van der Waals surface area contributed by atoms with Gasteiger partial charge in [-0.05, 0) is 30.7 Å². The molecule has 0 bridgehead atoms. The third-order valence-electron chi connectivity index (χ3n) is 2.82. The summed E-state index contributed by atoms with van der Waals surface area (Å²) in [6.45, 7) is 1.56. The van der Waals surface area contributed by atoms with Crippen LogP contribution in [0.1, 0.15) is 16.7 Å². The van der Waals surface area contributed by atoms with E-state index in [9.17, 15) is 9.90 Å². The largest absolute Gasteiger partial charge is 0.494 e. The first kappa shape index (κ1) is 14.6. The van der Waals surface area contributed by atoms with Crippen molar-refractivity contribution < 1.29 is 5.11 Å². The molecule has 1 aromatic carbocycles. The fourth-order valence-corrected chi connectivity index (χ4v) is 1.93. The van der Waals surface area contributed by atoms with Gasteiger partial charge in [-0.2, -0.15) is 10.4 Å². The van der Waals surface area contributed by atoms with E-state index >= 15 is 0 Å². The second-order valence-corrected chi connectivity index (χ2v) is 4.64. The van der Waals surface area contributed by atoms with Gasteiger partial charge < -0.3 is 5.11 Å². The van der Waals surface area contributed by atoms with Gasteiger partial charge in [-0.15, -0.1) is 0 Å². The number of aromatic nitrogens is 1. The number of H-pyrrole nitrogens is 1. The van der Waals surface area contributed by atoms with Crippen LogP contribution in [0, 0.1) is 18.3 Å². The van der Waals surface area contributed by atoms with E-state index in [1.807, 2.05) is 0 Å². The molecule has 7 heteroatoms. The monoisotopic (exact) mass is 302 g/mol. The van der Waals surface area contributed by atoms with Crippen LogP contribution < -0.4 is 11.0 Å². The molecule has 0 saturated heterocycles. The van der Waals surface area contributed by atoms with Crippen molar-refractivity contribution in [3.05, 3.63) is 56.3 Å². The summed E-state index contributed by atoms with van der Waals surface area (Å²) in [6, 6.07) is 8.73. The molecule has 0 fully saturated rings. The van der Waals surface area contributed by atoms with Crippen molar-refractivity contribution in [2.24, 2.45) is 5.10 Å². The number of halogens is 1. The van der Waals surface area contributed by atoms with E-state index in [4.69, 9.17) is 16.9 Å². The smallest absolute Gasteiger partial charge is 0.268 e. The fraction of sp³-hybridized carbons (Fsp3) is 0.0714. The van der Waals surface area contributed by atoms with Crippen LogP contribution in [-0.2, 0) is 0 Å². The van der Waals surface area contributed by atoms with Gasteiger partial charge in [-0.1, -0.05) is 17.7 Å². The summed E-state index contributed by atoms with van der Waals surface area (Å²) in [6.07, 6.45) is 1.32. The number of nitrogens with one attached hydrogen (secondary N) is 2. The molecule has 2 rings (SSSR count). The van der Waals surface area contributed by atoms with Crippen molar-refractivity contribution in [3.8, 4) is 11.9 Å². The predicted molar refractivity (Wildman–Crippen MR) is 80.8 cm³/mol. The molecule has 0 atom stereocenters. The van der Waals surface area contributed by atoms with Crippen molar-refractivity contribution in [1.29, 1.82) is 5.26 Å². The van der Waals surface area contributed by atoms with Crippen molar-refractivity contribution >= 4 is 23.5 Å². The third kappa shape index (κ3) is 3.22.